The van der Waals surface area contributed by atoms with Crippen LogP contribution in [0.2, 0.25) is 0 Å². The summed E-state index contributed by atoms with van der Waals surface area (Å²) in [4.78, 5) is 0. The second kappa shape index (κ2) is 4.14. The fourth-order valence-electron chi connectivity index (χ4n) is 0.937. The molecular formula is C8H6ClF4NO. The zero-order valence-corrected chi connectivity index (χ0v) is 7.99. The molecular weight excluding hydrogens is 238 g/mol. The van der Waals surface area contributed by atoms with Gasteiger partial charge in [0.15, 0.2) is 11.6 Å². The summed E-state index contributed by atoms with van der Waals surface area (Å²) in [5.74, 6) is -1.94. The van der Waals surface area contributed by atoms with Crippen LogP contribution in [0.15, 0.2) is 12.1 Å². The molecule has 0 radical (unpaired) electrons. The number of benzene rings is 1. The van der Waals surface area contributed by atoms with Crippen LogP contribution in [-0.2, 0) is 5.88 Å². The lowest BCUT2D eigenvalue weighted by Crippen LogP contribution is -2.18. The van der Waals surface area contributed by atoms with Gasteiger partial charge in [-0.15, -0.1) is 24.8 Å². The lowest BCUT2D eigenvalue weighted by atomic mass is 10.2. The zero-order valence-electron chi connectivity index (χ0n) is 7.24. The Labute approximate surface area is 87.6 Å². The average Bonchev–Trinajstić information content (AvgIpc) is 2.11. The topological polar surface area (TPSA) is 35.2 Å². The molecule has 0 fully saturated rings. The minimum atomic E-state index is -4.90. The van der Waals surface area contributed by atoms with E-state index in [4.69, 9.17) is 17.3 Å². The van der Waals surface area contributed by atoms with E-state index in [-0.39, 0.29) is 11.4 Å². The summed E-state index contributed by atoms with van der Waals surface area (Å²) in [6.45, 7) is 0. The van der Waals surface area contributed by atoms with E-state index in [1.54, 1.807) is 0 Å². The van der Waals surface area contributed by atoms with E-state index in [1.165, 1.54) is 0 Å². The Morgan fingerprint density at radius 1 is 1.33 bits per heavy atom. The van der Waals surface area contributed by atoms with Gasteiger partial charge in [-0.05, 0) is 6.07 Å². The number of nitrogens with two attached hydrogens (primary N) is 1. The van der Waals surface area contributed by atoms with Gasteiger partial charge in [0.05, 0.1) is 5.88 Å². The van der Waals surface area contributed by atoms with Gasteiger partial charge in [-0.2, -0.15) is 0 Å². The fourth-order valence-corrected chi connectivity index (χ4v) is 1.14. The molecule has 1 aromatic rings. The lowest BCUT2D eigenvalue weighted by Gasteiger charge is -2.12. The Balaban J connectivity index is 3.07. The van der Waals surface area contributed by atoms with E-state index in [2.05, 4.69) is 4.74 Å². The number of alkyl halides is 4. The molecule has 1 aromatic carbocycles. The molecule has 0 aliphatic carbocycles. The first-order chi connectivity index (χ1) is 6.85. The maximum absolute atomic E-state index is 13.2. The highest BCUT2D eigenvalue weighted by Crippen LogP contribution is 2.31. The van der Waals surface area contributed by atoms with E-state index in [9.17, 15) is 17.6 Å². The molecule has 0 heterocycles. The molecule has 0 spiro atoms. The largest absolute Gasteiger partial charge is 0.573 e. The SMILES string of the molecule is Nc1c(OC(F)(F)F)ccc(CCl)c1F. The van der Waals surface area contributed by atoms with Crippen molar-refractivity contribution in [3.8, 4) is 5.75 Å². The molecule has 2 N–H and O–H groups in total. The number of hydrogen-bond acceptors (Lipinski definition) is 2. The van der Waals surface area contributed by atoms with Gasteiger partial charge in [0.1, 0.15) is 5.69 Å². The number of anilines is 1. The molecule has 0 aliphatic heterocycles. The third kappa shape index (κ3) is 2.89. The van der Waals surface area contributed by atoms with Gasteiger partial charge in [-0.3, -0.25) is 0 Å². The smallest absolute Gasteiger partial charge is 0.403 e. The second-order valence-electron chi connectivity index (χ2n) is 2.63. The minimum Gasteiger partial charge on any atom is -0.403 e. The third-order valence-corrected chi connectivity index (χ3v) is 1.88. The molecule has 1 rings (SSSR count). The van der Waals surface area contributed by atoms with Crippen LogP contribution in [0.1, 0.15) is 5.56 Å². The maximum Gasteiger partial charge on any atom is 0.573 e. The van der Waals surface area contributed by atoms with Crippen LogP contribution in [0.25, 0.3) is 0 Å². The minimum absolute atomic E-state index is 0.0173. The third-order valence-electron chi connectivity index (χ3n) is 1.59. The Bertz CT molecular complexity index is 366. The molecule has 0 saturated carbocycles. The van der Waals surface area contributed by atoms with Crippen LogP contribution >= 0.6 is 11.6 Å². The van der Waals surface area contributed by atoms with Crippen molar-refractivity contribution in [1.29, 1.82) is 0 Å². The Morgan fingerprint density at radius 3 is 2.40 bits per heavy atom. The standard InChI is InChI=1S/C8H6ClF4NO/c9-3-4-1-2-5(7(14)6(4)10)15-8(11,12)13/h1-2H,3,14H2. The van der Waals surface area contributed by atoms with Gasteiger partial charge in [0, 0.05) is 5.56 Å². The van der Waals surface area contributed by atoms with E-state index in [1.807, 2.05) is 0 Å². The summed E-state index contributed by atoms with van der Waals surface area (Å²) in [6.07, 6.45) is -4.90. The highest BCUT2D eigenvalue weighted by molar-refractivity contribution is 6.17. The van der Waals surface area contributed by atoms with Crippen molar-refractivity contribution < 1.29 is 22.3 Å². The van der Waals surface area contributed by atoms with Crippen LogP contribution in [0, 0.1) is 5.82 Å². The molecule has 0 bridgehead atoms. The second-order valence-corrected chi connectivity index (χ2v) is 2.90. The first-order valence-electron chi connectivity index (χ1n) is 3.73. The van der Waals surface area contributed by atoms with Crippen molar-refractivity contribution in [3.05, 3.63) is 23.5 Å². The molecule has 0 aromatic heterocycles. The van der Waals surface area contributed by atoms with Gasteiger partial charge in [0.2, 0.25) is 0 Å². The van der Waals surface area contributed by atoms with Crippen molar-refractivity contribution in [1.82, 2.24) is 0 Å². The number of ether oxygens (including phenoxy) is 1. The van der Waals surface area contributed by atoms with E-state index < -0.39 is 23.6 Å². The predicted molar refractivity (Wildman–Crippen MR) is 47.1 cm³/mol. The molecule has 0 unspecified atom stereocenters. The quantitative estimate of drug-likeness (QED) is 0.492. The molecule has 0 aliphatic rings. The normalized spacial score (nSPS) is 11.5. The summed E-state index contributed by atoms with van der Waals surface area (Å²) in [5.41, 5.74) is 4.42. The average molecular weight is 244 g/mol. The number of halogens is 5. The summed E-state index contributed by atoms with van der Waals surface area (Å²) in [7, 11) is 0. The lowest BCUT2D eigenvalue weighted by molar-refractivity contribution is -0.274. The Morgan fingerprint density at radius 2 is 1.93 bits per heavy atom. The first kappa shape index (κ1) is 11.9. The van der Waals surface area contributed by atoms with Gasteiger partial charge in [0.25, 0.3) is 0 Å². The van der Waals surface area contributed by atoms with Gasteiger partial charge in [-0.1, -0.05) is 6.07 Å². The van der Waals surface area contributed by atoms with Crippen LogP contribution < -0.4 is 10.5 Å². The van der Waals surface area contributed by atoms with Crippen molar-refractivity contribution in [2.24, 2.45) is 0 Å². The molecule has 0 amide bonds. The summed E-state index contributed by atoms with van der Waals surface area (Å²) >= 11 is 5.33. The molecule has 7 heteroatoms. The fraction of sp³-hybridized carbons (Fsp3) is 0.250. The van der Waals surface area contributed by atoms with Crippen LogP contribution in [-0.4, -0.2) is 6.36 Å². The summed E-state index contributed by atoms with van der Waals surface area (Å²) in [6, 6.07) is 2.00. The summed E-state index contributed by atoms with van der Waals surface area (Å²) < 4.78 is 52.1. The van der Waals surface area contributed by atoms with E-state index >= 15 is 0 Å². The number of nitrogen functional groups attached to an aromatic ring is 1. The van der Waals surface area contributed by atoms with E-state index in [0.29, 0.717) is 0 Å². The Kier molecular flexibility index (Phi) is 3.28. The molecule has 84 valence electrons. The summed E-state index contributed by atoms with van der Waals surface area (Å²) in [5, 5.41) is 0. The molecule has 0 atom stereocenters. The molecule has 15 heavy (non-hydrogen) atoms. The highest BCUT2D eigenvalue weighted by atomic mass is 35.5. The van der Waals surface area contributed by atoms with Crippen molar-refractivity contribution in [2.75, 3.05) is 5.73 Å². The highest BCUT2D eigenvalue weighted by Gasteiger charge is 2.32. The number of rotatable bonds is 2. The number of hydrogen-bond donors (Lipinski definition) is 1. The van der Waals surface area contributed by atoms with Crippen LogP contribution in [0.4, 0.5) is 23.2 Å². The predicted octanol–water partition coefficient (Wildman–Crippen LogP) is 3.05. The molecule has 0 saturated heterocycles. The van der Waals surface area contributed by atoms with Gasteiger partial charge >= 0.3 is 6.36 Å². The van der Waals surface area contributed by atoms with E-state index in [0.717, 1.165) is 12.1 Å². The maximum atomic E-state index is 13.2. The molecule has 2 nitrogen and oxygen atoms in total. The van der Waals surface area contributed by atoms with Crippen LogP contribution in [0.5, 0.6) is 5.75 Å². The monoisotopic (exact) mass is 243 g/mol. The van der Waals surface area contributed by atoms with Crippen molar-refractivity contribution in [3.63, 3.8) is 0 Å². The van der Waals surface area contributed by atoms with Gasteiger partial charge < -0.3 is 10.5 Å². The van der Waals surface area contributed by atoms with Crippen LogP contribution in [0.3, 0.4) is 0 Å². The zero-order chi connectivity index (χ0) is 11.6. The van der Waals surface area contributed by atoms with Crippen molar-refractivity contribution in [2.45, 2.75) is 12.2 Å². The van der Waals surface area contributed by atoms with Gasteiger partial charge in [-0.25, -0.2) is 4.39 Å². The van der Waals surface area contributed by atoms with Crippen molar-refractivity contribution >= 4 is 17.3 Å². The Hall–Kier alpha value is -1.17. The first-order valence-corrected chi connectivity index (χ1v) is 4.27.